The Labute approximate surface area is 81.1 Å². The van der Waals surface area contributed by atoms with Gasteiger partial charge in [-0.05, 0) is 12.3 Å². The van der Waals surface area contributed by atoms with E-state index in [1.54, 1.807) is 0 Å². The van der Waals surface area contributed by atoms with Gasteiger partial charge in [-0.2, -0.15) is 13.2 Å². The molecule has 14 heavy (non-hydrogen) atoms. The molecule has 1 unspecified atom stereocenters. The molecule has 0 aromatic carbocycles. The second-order valence-corrected chi connectivity index (χ2v) is 3.73. The number of Topliss-reactive ketones (excluding diaryl/α,β-unsaturated/α-hetero) is 1. The highest BCUT2D eigenvalue weighted by Crippen LogP contribution is 2.23. The molecule has 0 aliphatic rings. The lowest BCUT2D eigenvalue weighted by atomic mass is 10.0. The predicted molar refractivity (Wildman–Crippen MR) is 45.8 cm³/mol. The molecule has 0 aromatic heterocycles. The van der Waals surface area contributed by atoms with Crippen molar-refractivity contribution in [2.24, 2.45) is 5.92 Å². The fraction of sp³-hybridized carbons (Fsp3) is 0.889. The van der Waals surface area contributed by atoms with Crippen LogP contribution < -0.4 is 0 Å². The van der Waals surface area contributed by atoms with Gasteiger partial charge in [0.05, 0.1) is 0 Å². The Hall–Kier alpha value is -0.580. The summed E-state index contributed by atoms with van der Waals surface area (Å²) < 4.78 is 35.4. The summed E-state index contributed by atoms with van der Waals surface area (Å²) in [5, 5.41) is 8.59. The number of aliphatic hydroxyl groups is 1. The second-order valence-electron chi connectivity index (χ2n) is 3.73. The highest BCUT2D eigenvalue weighted by Gasteiger charge is 2.37. The Balaban J connectivity index is 3.78. The summed E-state index contributed by atoms with van der Waals surface area (Å²) in [5.41, 5.74) is 0. The fourth-order valence-corrected chi connectivity index (χ4v) is 1.02. The first-order valence-corrected chi connectivity index (χ1v) is 4.50. The molecular weight excluding hydrogens is 197 g/mol. The van der Waals surface area contributed by atoms with Crippen molar-refractivity contribution in [3.8, 4) is 0 Å². The van der Waals surface area contributed by atoms with Crippen molar-refractivity contribution < 1.29 is 23.1 Å². The van der Waals surface area contributed by atoms with Gasteiger partial charge in [0.1, 0.15) is 11.9 Å². The van der Waals surface area contributed by atoms with Crippen molar-refractivity contribution in [2.45, 2.75) is 45.4 Å². The van der Waals surface area contributed by atoms with Crippen LogP contribution in [0.2, 0.25) is 0 Å². The molecule has 1 atom stereocenters. The molecule has 0 saturated carbocycles. The number of hydrogen-bond donors (Lipinski definition) is 1. The first-order chi connectivity index (χ1) is 6.23. The van der Waals surface area contributed by atoms with Gasteiger partial charge in [-0.3, -0.25) is 4.79 Å². The molecule has 0 fully saturated rings. The number of carbonyl (C=O) groups is 1. The molecule has 0 aliphatic heterocycles. The second kappa shape index (κ2) is 5.34. The molecule has 84 valence electrons. The maximum atomic E-state index is 11.8. The van der Waals surface area contributed by atoms with Crippen LogP contribution in [0.25, 0.3) is 0 Å². The third kappa shape index (κ3) is 5.96. The van der Waals surface area contributed by atoms with E-state index >= 15 is 0 Å². The van der Waals surface area contributed by atoms with Gasteiger partial charge in [0.2, 0.25) is 0 Å². The summed E-state index contributed by atoms with van der Waals surface area (Å²) in [4.78, 5) is 11.0. The quantitative estimate of drug-likeness (QED) is 0.759. The largest absolute Gasteiger partial charge is 0.414 e. The number of aliphatic hydroxyl groups excluding tert-OH is 1. The number of ketones is 1. The van der Waals surface area contributed by atoms with Crippen LogP contribution in [0.3, 0.4) is 0 Å². The summed E-state index contributed by atoms with van der Waals surface area (Å²) in [6.07, 6.45) is -7.46. The summed E-state index contributed by atoms with van der Waals surface area (Å²) in [5.74, 6) is -0.0890. The monoisotopic (exact) mass is 212 g/mol. The Kier molecular flexibility index (Phi) is 5.12. The van der Waals surface area contributed by atoms with E-state index in [4.69, 9.17) is 5.11 Å². The normalized spacial score (nSPS) is 14.5. The van der Waals surface area contributed by atoms with Gasteiger partial charge in [-0.1, -0.05) is 13.8 Å². The van der Waals surface area contributed by atoms with Crippen molar-refractivity contribution in [3.05, 3.63) is 0 Å². The van der Waals surface area contributed by atoms with E-state index in [0.717, 1.165) is 0 Å². The molecule has 2 nitrogen and oxygen atoms in total. The van der Waals surface area contributed by atoms with E-state index < -0.39 is 18.7 Å². The molecule has 0 bridgehead atoms. The van der Waals surface area contributed by atoms with E-state index in [1.807, 2.05) is 13.8 Å². The van der Waals surface area contributed by atoms with Crippen molar-refractivity contribution in [1.82, 2.24) is 0 Å². The van der Waals surface area contributed by atoms with E-state index in [1.165, 1.54) is 0 Å². The minimum atomic E-state index is -4.61. The summed E-state index contributed by atoms with van der Waals surface area (Å²) in [6.45, 7) is 3.64. The zero-order valence-electron chi connectivity index (χ0n) is 8.27. The number of halogens is 3. The van der Waals surface area contributed by atoms with Gasteiger partial charge in [0, 0.05) is 12.8 Å². The van der Waals surface area contributed by atoms with Crippen LogP contribution in [0.15, 0.2) is 0 Å². The zero-order valence-corrected chi connectivity index (χ0v) is 8.27. The van der Waals surface area contributed by atoms with Crippen LogP contribution in [0.1, 0.15) is 33.1 Å². The van der Waals surface area contributed by atoms with E-state index in [9.17, 15) is 18.0 Å². The average Bonchev–Trinajstić information content (AvgIpc) is 1.96. The first kappa shape index (κ1) is 13.4. The fourth-order valence-electron chi connectivity index (χ4n) is 1.02. The van der Waals surface area contributed by atoms with Gasteiger partial charge in [0.25, 0.3) is 0 Å². The molecule has 0 radical (unpaired) electrons. The number of carbonyl (C=O) groups excluding carboxylic acids is 1. The van der Waals surface area contributed by atoms with Crippen molar-refractivity contribution in [1.29, 1.82) is 0 Å². The van der Waals surface area contributed by atoms with Gasteiger partial charge in [-0.25, -0.2) is 0 Å². The maximum absolute atomic E-state index is 11.8. The van der Waals surface area contributed by atoms with Gasteiger partial charge >= 0.3 is 6.18 Å². The third-order valence-electron chi connectivity index (χ3n) is 1.71. The summed E-state index contributed by atoms with van der Waals surface area (Å²) in [7, 11) is 0. The van der Waals surface area contributed by atoms with Crippen molar-refractivity contribution in [3.63, 3.8) is 0 Å². The summed E-state index contributed by atoms with van der Waals surface area (Å²) in [6, 6.07) is 0. The molecule has 0 aromatic rings. The lowest BCUT2D eigenvalue weighted by Gasteiger charge is -2.13. The van der Waals surface area contributed by atoms with Crippen LogP contribution in [-0.2, 0) is 4.79 Å². The van der Waals surface area contributed by atoms with Crippen molar-refractivity contribution in [2.75, 3.05) is 0 Å². The van der Waals surface area contributed by atoms with Crippen LogP contribution in [0.5, 0.6) is 0 Å². The molecular formula is C9H15F3O2. The van der Waals surface area contributed by atoms with Crippen LogP contribution in [-0.4, -0.2) is 23.2 Å². The average molecular weight is 212 g/mol. The zero-order chi connectivity index (χ0) is 11.4. The molecule has 1 N–H and O–H groups in total. The van der Waals surface area contributed by atoms with Crippen LogP contribution in [0, 0.1) is 5.92 Å². The number of hydrogen-bond acceptors (Lipinski definition) is 2. The maximum Gasteiger partial charge on any atom is 0.414 e. The molecule has 0 rings (SSSR count). The Morgan fingerprint density at radius 3 is 2.21 bits per heavy atom. The van der Waals surface area contributed by atoms with Gasteiger partial charge in [-0.15, -0.1) is 0 Å². The van der Waals surface area contributed by atoms with Gasteiger partial charge in [0.15, 0.2) is 0 Å². The highest BCUT2D eigenvalue weighted by atomic mass is 19.4. The van der Waals surface area contributed by atoms with E-state index in [2.05, 4.69) is 0 Å². The van der Waals surface area contributed by atoms with E-state index in [0.29, 0.717) is 0 Å². The number of alkyl halides is 3. The van der Waals surface area contributed by atoms with Crippen LogP contribution in [0.4, 0.5) is 13.2 Å². The first-order valence-electron chi connectivity index (χ1n) is 4.50. The SMILES string of the molecule is CC(C)CC(=O)CCC(O)C(F)(F)F. The third-order valence-corrected chi connectivity index (χ3v) is 1.71. The Morgan fingerprint density at radius 2 is 1.86 bits per heavy atom. The molecule has 0 spiro atoms. The Bertz CT molecular complexity index is 187. The Morgan fingerprint density at radius 1 is 1.36 bits per heavy atom. The van der Waals surface area contributed by atoms with Crippen LogP contribution >= 0.6 is 0 Å². The van der Waals surface area contributed by atoms with E-state index in [-0.39, 0.29) is 24.5 Å². The topological polar surface area (TPSA) is 37.3 Å². The highest BCUT2D eigenvalue weighted by molar-refractivity contribution is 5.78. The molecule has 0 aliphatic carbocycles. The molecule has 0 saturated heterocycles. The number of rotatable bonds is 5. The lowest BCUT2D eigenvalue weighted by molar-refractivity contribution is -0.205. The molecule has 5 heteroatoms. The molecule has 0 amide bonds. The van der Waals surface area contributed by atoms with Gasteiger partial charge < -0.3 is 5.11 Å². The lowest BCUT2D eigenvalue weighted by Crippen LogP contribution is -2.29. The standard InChI is InChI=1S/C9H15F3O2/c1-6(2)5-7(13)3-4-8(14)9(10,11)12/h6,8,14H,3-5H2,1-2H3. The smallest absolute Gasteiger partial charge is 0.384 e. The minimum absolute atomic E-state index is 0.144. The minimum Gasteiger partial charge on any atom is -0.384 e. The summed E-state index contributed by atoms with van der Waals surface area (Å²) >= 11 is 0. The van der Waals surface area contributed by atoms with Crippen molar-refractivity contribution >= 4 is 5.78 Å². The molecule has 0 heterocycles. The predicted octanol–water partition coefficient (Wildman–Crippen LogP) is 2.31.